The molecule has 0 aliphatic rings. The summed E-state index contributed by atoms with van der Waals surface area (Å²) in [5, 5.41) is 5.25. The Morgan fingerprint density at radius 3 is 1.43 bits per heavy atom. The van der Waals surface area contributed by atoms with Gasteiger partial charge in [-0.2, -0.15) is 3.71 Å². The molecule has 0 bridgehead atoms. The zero-order valence-corrected chi connectivity index (χ0v) is 20.0. The summed E-state index contributed by atoms with van der Waals surface area (Å²) in [6.07, 6.45) is 0. The van der Waals surface area contributed by atoms with Crippen LogP contribution < -0.4 is 3.71 Å². The molecule has 0 aromatic heterocycles. The minimum Gasteiger partial charge on any atom is -0.200 e. The zero-order valence-electron chi connectivity index (χ0n) is 18.4. The molecule has 0 aliphatic heterocycles. The lowest BCUT2D eigenvalue weighted by molar-refractivity contribution is 0.584. The highest BCUT2D eigenvalue weighted by Crippen LogP contribution is 2.42. The van der Waals surface area contributed by atoms with E-state index in [0.29, 0.717) is 9.10 Å². The fourth-order valence-corrected chi connectivity index (χ4v) is 8.41. The van der Waals surface area contributed by atoms with Crippen molar-refractivity contribution in [2.24, 2.45) is 0 Å². The fourth-order valence-electron chi connectivity index (χ4n) is 4.64. The molecule has 0 atom stereocenters. The van der Waals surface area contributed by atoms with Gasteiger partial charge >= 0.3 is 0 Å². The van der Waals surface area contributed by atoms with E-state index >= 15 is 0 Å². The van der Waals surface area contributed by atoms with Crippen LogP contribution in [0, 0.1) is 0 Å². The molecule has 0 N–H and O–H groups in total. The third-order valence-corrected chi connectivity index (χ3v) is 10.4. The molecule has 7 heteroatoms. The lowest BCUT2D eigenvalue weighted by atomic mass is 9.94. The predicted molar refractivity (Wildman–Crippen MR) is 140 cm³/mol. The first-order valence-corrected chi connectivity index (χ1v) is 13.8. The van der Waals surface area contributed by atoms with Crippen LogP contribution in [-0.4, -0.2) is 16.8 Å². The van der Waals surface area contributed by atoms with Crippen molar-refractivity contribution in [3.8, 4) is 0 Å². The van der Waals surface area contributed by atoms with E-state index in [4.69, 9.17) is 0 Å². The summed E-state index contributed by atoms with van der Waals surface area (Å²) in [7, 11) is -8.96. The van der Waals surface area contributed by atoms with Gasteiger partial charge in [-0.25, -0.2) is 16.8 Å². The van der Waals surface area contributed by atoms with E-state index in [0.717, 1.165) is 26.9 Å². The molecule has 5 nitrogen and oxygen atoms in total. The number of nitrogens with zero attached hydrogens (tertiary/aromatic N) is 1. The summed E-state index contributed by atoms with van der Waals surface area (Å²) < 4.78 is 56.4. The number of benzene rings is 6. The Bertz CT molecular complexity index is 1830. The smallest absolute Gasteiger partial charge is 0.200 e. The van der Waals surface area contributed by atoms with Gasteiger partial charge in [0.05, 0.1) is 15.5 Å². The van der Waals surface area contributed by atoms with Crippen molar-refractivity contribution >= 4 is 58.1 Å². The molecule has 35 heavy (non-hydrogen) atoms. The van der Waals surface area contributed by atoms with E-state index in [2.05, 4.69) is 0 Å². The van der Waals surface area contributed by atoms with Crippen LogP contribution in [0.2, 0.25) is 0 Å². The lowest BCUT2D eigenvalue weighted by Crippen LogP contribution is -2.37. The molecule has 0 amide bonds. The highest BCUT2D eigenvalue weighted by Gasteiger charge is 2.38. The van der Waals surface area contributed by atoms with E-state index in [1.807, 2.05) is 36.4 Å². The van der Waals surface area contributed by atoms with Gasteiger partial charge in [-0.3, -0.25) is 0 Å². The summed E-state index contributed by atoms with van der Waals surface area (Å²) in [6.45, 7) is 0. The average molecular weight is 498 g/mol. The Morgan fingerprint density at radius 1 is 0.429 bits per heavy atom. The Kier molecular flexibility index (Phi) is 4.81. The van der Waals surface area contributed by atoms with Crippen molar-refractivity contribution in [3.63, 3.8) is 0 Å². The van der Waals surface area contributed by atoms with Crippen molar-refractivity contribution < 1.29 is 16.8 Å². The highest BCUT2D eigenvalue weighted by molar-refractivity contribution is 8.10. The summed E-state index contributed by atoms with van der Waals surface area (Å²) >= 11 is 0. The SMILES string of the molecule is O=S(=O)(c1ccccc1)N(c1ccc2ccc3cccc4ccc1c2c34)S(=O)(=O)c1ccccc1. The van der Waals surface area contributed by atoms with Gasteiger partial charge in [0, 0.05) is 5.39 Å². The van der Waals surface area contributed by atoms with Gasteiger partial charge < -0.3 is 0 Å². The summed E-state index contributed by atoms with van der Waals surface area (Å²) in [5.41, 5.74) is 0.0865. The Balaban J connectivity index is 1.73. The van der Waals surface area contributed by atoms with Crippen LogP contribution in [0.25, 0.3) is 32.3 Å². The van der Waals surface area contributed by atoms with Gasteiger partial charge in [0.25, 0.3) is 20.0 Å². The molecule has 6 aromatic rings. The van der Waals surface area contributed by atoms with Crippen LogP contribution >= 0.6 is 0 Å². The first kappa shape index (κ1) is 21.6. The fraction of sp³-hybridized carbons (Fsp3) is 0. The lowest BCUT2D eigenvalue weighted by Gasteiger charge is -2.26. The van der Waals surface area contributed by atoms with E-state index in [-0.39, 0.29) is 15.5 Å². The second kappa shape index (κ2) is 7.80. The second-order valence-corrected chi connectivity index (χ2v) is 12.1. The van der Waals surface area contributed by atoms with Crippen molar-refractivity contribution in [3.05, 3.63) is 115 Å². The average Bonchev–Trinajstić information content (AvgIpc) is 2.89. The van der Waals surface area contributed by atoms with Crippen LogP contribution in [0.1, 0.15) is 0 Å². The van der Waals surface area contributed by atoms with Gasteiger partial charge in [0.15, 0.2) is 0 Å². The summed E-state index contributed by atoms with van der Waals surface area (Å²) in [4.78, 5) is -0.213. The van der Waals surface area contributed by atoms with E-state index < -0.39 is 20.0 Å². The highest BCUT2D eigenvalue weighted by atomic mass is 32.3. The van der Waals surface area contributed by atoms with Crippen LogP contribution in [0.4, 0.5) is 5.69 Å². The second-order valence-electron chi connectivity index (χ2n) is 8.27. The summed E-state index contributed by atoms with van der Waals surface area (Å²) in [5.74, 6) is 0. The minimum absolute atomic E-state index is 0.0865. The maximum Gasteiger partial charge on any atom is 0.277 e. The van der Waals surface area contributed by atoms with Gasteiger partial charge in [-0.05, 0) is 57.3 Å². The normalized spacial score (nSPS) is 12.5. The summed E-state index contributed by atoms with van der Waals surface area (Å²) in [6, 6.07) is 32.3. The van der Waals surface area contributed by atoms with E-state index in [1.54, 1.807) is 54.6 Å². The molecular weight excluding hydrogens is 478 g/mol. The van der Waals surface area contributed by atoms with E-state index in [9.17, 15) is 16.8 Å². The predicted octanol–water partition coefficient (Wildman–Crippen LogP) is 6.17. The van der Waals surface area contributed by atoms with Gasteiger partial charge in [-0.1, -0.05) is 84.9 Å². The standard InChI is InChI=1S/C28H19NO4S2/c30-34(31,23-10-3-1-4-11-23)29(35(32,33)24-12-5-2-6-13-24)26-19-17-22-15-14-20-8-7-9-21-16-18-25(26)28(22)27(20)21/h1-19H. The van der Waals surface area contributed by atoms with Gasteiger partial charge in [0.2, 0.25) is 0 Å². The van der Waals surface area contributed by atoms with Crippen molar-refractivity contribution in [1.82, 2.24) is 0 Å². The van der Waals surface area contributed by atoms with E-state index in [1.165, 1.54) is 24.3 Å². The number of hydrogen-bond donors (Lipinski definition) is 0. The molecule has 6 aromatic carbocycles. The van der Waals surface area contributed by atoms with Gasteiger partial charge in [0.1, 0.15) is 0 Å². The number of hydrogen-bond acceptors (Lipinski definition) is 4. The Morgan fingerprint density at radius 2 is 0.886 bits per heavy atom. The first-order chi connectivity index (χ1) is 16.9. The van der Waals surface area contributed by atoms with Crippen LogP contribution in [-0.2, 0) is 20.0 Å². The third-order valence-electron chi connectivity index (χ3n) is 6.22. The van der Waals surface area contributed by atoms with Crippen LogP contribution in [0.15, 0.2) is 125 Å². The Hall–Kier alpha value is -3.94. The molecule has 0 spiro atoms. The number of rotatable bonds is 5. The molecule has 6 rings (SSSR count). The largest absolute Gasteiger partial charge is 0.277 e. The number of sulfonamides is 2. The molecule has 0 saturated carbocycles. The quantitative estimate of drug-likeness (QED) is 0.267. The van der Waals surface area contributed by atoms with Crippen LogP contribution in [0.3, 0.4) is 0 Å². The van der Waals surface area contributed by atoms with Crippen LogP contribution in [0.5, 0.6) is 0 Å². The topological polar surface area (TPSA) is 71.5 Å². The maximum absolute atomic E-state index is 14.0. The zero-order chi connectivity index (χ0) is 24.2. The molecule has 0 radical (unpaired) electrons. The minimum atomic E-state index is -4.48. The molecule has 0 fully saturated rings. The van der Waals surface area contributed by atoms with Gasteiger partial charge in [-0.15, -0.1) is 0 Å². The third kappa shape index (κ3) is 3.27. The van der Waals surface area contributed by atoms with Crippen molar-refractivity contribution in [1.29, 1.82) is 0 Å². The first-order valence-electron chi connectivity index (χ1n) is 11.0. The molecular formula is C28H19NO4S2. The molecule has 172 valence electrons. The molecule has 0 heterocycles. The maximum atomic E-state index is 14.0. The monoisotopic (exact) mass is 497 g/mol. The Labute approximate surface area is 203 Å². The van der Waals surface area contributed by atoms with Crippen molar-refractivity contribution in [2.45, 2.75) is 9.79 Å². The van der Waals surface area contributed by atoms with Crippen molar-refractivity contribution in [2.75, 3.05) is 3.71 Å². The molecule has 0 aliphatic carbocycles. The number of anilines is 1. The molecule has 0 saturated heterocycles. The molecule has 0 unspecified atom stereocenters.